The number of ether oxygens (including phenoxy) is 2. The third kappa shape index (κ3) is 1.67. The van der Waals surface area contributed by atoms with Crippen molar-refractivity contribution in [1.82, 2.24) is 0 Å². The zero-order valence-corrected chi connectivity index (χ0v) is 9.06. The Bertz CT molecular complexity index is 348. The monoisotopic (exact) mass is 208 g/mol. The van der Waals surface area contributed by atoms with Gasteiger partial charge < -0.3 is 14.6 Å². The van der Waals surface area contributed by atoms with Crippen LogP contribution in [0.2, 0.25) is 0 Å². The van der Waals surface area contributed by atoms with Crippen LogP contribution in [0.3, 0.4) is 0 Å². The van der Waals surface area contributed by atoms with Gasteiger partial charge in [0.15, 0.2) is 17.1 Å². The van der Waals surface area contributed by atoms with Crippen molar-refractivity contribution in [3.8, 4) is 11.5 Å². The molecule has 0 bridgehead atoms. The van der Waals surface area contributed by atoms with Gasteiger partial charge in [-0.2, -0.15) is 0 Å². The van der Waals surface area contributed by atoms with Crippen LogP contribution in [0.5, 0.6) is 11.5 Å². The molecule has 0 radical (unpaired) electrons. The lowest BCUT2D eigenvalue weighted by Crippen LogP contribution is -2.52. The molecule has 0 saturated heterocycles. The summed E-state index contributed by atoms with van der Waals surface area (Å²) in [5, 5.41) is 9.43. The summed E-state index contributed by atoms with van der Waals surface area (Å²) >= 11 is 0. The number of rotatable bonds is 2. The molecule has 15 heavy (non-hydrogen) atoms. The molecule has 1 aliphatic heterocycles. The lowest BCUT2D eigenvalue weighted by molar-refractivity contribution is -0.0777. The van der Waals surface area contributed by atoms with Crippen LogP contribution in [0, 0.1) is 5.92 Å². The van der Waals surface area contributed by atoms with Crippen LogP contribution < -0.4 is 9.47 Å². The molecule has 0 fully saturated rings. The number of hydrogen-bond acceptors (Lipinski definition) is 3. The standard InChI is InChI=1S/C12H16O3/c1-9(2)12(7-13)8-14-10-5-3-4-6-11(10)15-12/h3-6,9,13H,7-8H2,1-2H3/t12-/m0/s1. The fourth-order valence-electron chi connectivity index (χ4n) is 1.65. The molecule has 0 saturated carbocycles. The van der Waals surface area contributed by atoms with Crippen molar-refractivity contribution in [2.75, 3.05) is 13.2 Å². The van der Waals surface area contributed by atoms with Gasteiger partial charge in [-0.1, -0.05) is 26.0 Å². The van der Waals surface area contributed by atoms with Gasteiger partial charge in [0.25, 0.3) is 0 Å². The summed E-state index contributed by atoms with van der Waals surface area (Å²) in [5.74, 6) is 1.67. The maximum atomic E-state index is 9.43. The largest absolute Gasteiger partial charge is 0.485 e. The third-order valence-electron chi connectivity index (χ3n) is 2.95. The molecule has 1 aromatic carbocycles. The Kier molecular flexibility index (Phi) is 2.57. The normalized spacial score (nSPS) is 24.3. The van der Waals surface area contributed by atoms with Gasteiger partial charge >= 0.3 is 0 Å². The van der Waals surface area contributed by atoms with Crippen LogP contribution in [-0.4, -0.2) is 23.9 Å². The Hall–Kier alpha value is -1.22. The lowest BCUT2D eigenvalue weighted by Gasteiger charge is -2.39. The van der Waals surface area contributed by atoms with E-state index in [4.69, 9.17) is 9.47 Å². The van der Waals surface area contributed by atoms with Crippen molar-refractivity contribution in [2.24, 2.45) is 5.92 Å². The van der Waals surface area contributed by atoms with Gasteiger partial charge in [0, 0.05) is 0 Å². The smallest absolute Gasteiger partial charge is 0.168 e. The molecule has 1 heterocycles. The van der Waals surface area contributed by atoms with Crippen molar-refractivity contribution in [3.05, 3.63) is 24.3 Å². The number of aliphatic hydroxyl groups is 1. The number of benzene rings is 1. The van der Waals surface area contributed by atoms with E-state index in [0.717, 1.165) is 5.75 Å². The maximum absolute atomic E-state index is 9.43. The highest BCUT2D eigenvalue weighted by atomic mass is 16.6. The van der Waals surface area contributed by atoms with Gasteiger partial charge in [-0.15, -0.1) is 0 Å². The SMILES string of the molecule is CC(C)[C@]1(CO)COc2ccccc2O1. The summed E-state index contributed by atoms with van der Waals surface area (Å²) in [7, 11) is 0. The van der Waals surface area contributed by atoms with Gasteiger partial charge in [0.05, 0.1) is 6.61 Å². The third-order valence-corrected chi connectivity index (χ3v) is 2.95. The number of para-hydroxylation sites is 2. The van der Waals surface area contributed by atoms with Gasteiger partial charge in [0.1, 0.15) is 6.61 Å². The summed E-state index contributed by atoms with van der Waals surface area (Å²) < 4.78 is 11.5. The first-order valence-electron chi connectivity index (χ1n) is 5.20. The predicted octanol–water partition coefficient (Wildman–Crippen LogP) is 1.84. The van der Waals surface area contributed by atoms with Gasteiger partial charge in [-0.25, -0.2) is 0 Å². The van der Waals surface area contributed by atoms with E-state index < -0.39 is 5.60 Å². The van der Waals surface area contributed by atoms with Crippen LogP contribution in [0.4, 0.5) is 0 Å². The first-order valence-corrected chi connectivity index (χ1v) is 5.20. The molecule has 0 spiro atoms. The van der Waals surface area contributed by atoms with Crippen molar-refractivity contribution >= 4 is 0 Å². The highest BCUT2D eigenvalue weighted by Crippen LogP contribution is 2.37. The molecular weight excluding hydrogens is 192 g/mol. The molecule has 0 amide bonds. The molecular formula is C12H16O3. The van der Waals surface area contributed by atoms with E-state index in [2.05, 4.69) is 0 Å². The van der Waals surface area contributed by atoms with E-state index in [0.29, 0.717) is 12.4 Å². The highest BCUT2D eigenvalue weighted by molar-refractivity contribution is 5.41. The molecule has 2 rings (SSSR count). The van der Waals surface area contributed by atoms with Crippen LogP contribution in [0.25, 0.3) is 0 Å². The van der Waals surface area contributed by atoms with Gasteiger partial charge in [-0.3, -0.25) is 0 Å². The fourth-order valence-corrected chi connectivity index (χ4v) is 1.65. The second-order valence-corrected chi connectivity index (χ2v) is 4.22. The molecule has 1 atom stereocenters. The van der Waals surface area contributed by atoms with Gasteiger partial charge in [-0.05, 0) is 18.1 Å². The van der Waals surface area contributed by atoms with Crippen LogP contribution in [-0.2, 0) is 0 Å². The number of hydrogen-bond donors (Lipinski definition) is 1. The molecule has 3 heteroatoms. The Labute approximate surface area is 89.6 Å². The number of fused-ring (bicyclic) bond motifs is 1. The minimum Gasteiger partial charge on any atom is -0.485 e. The lowest BCUT2D eigenvalue weighted by atomic mass is 9.91. The summed E-state index contributed by atoms with van der Waals surface area (Å²) in [6, 6.07) is 7.54. The molecule has 1 aromatic rings. The fraction of sp³-hybridized carbons (Fsp3) is 0.500. The Morgan fingerprint density at radius 2 is 2.00 bits per heavy atom. The molecule has 1 aliphatic rings. The average molecular weight is 208 g/mol. The summed E-state index contributed by atoms with van der Waals surface area (Å²) in [6.45, 7) is 4.41. The van der Waals surface area contributed by atoms with E-state index in [9.17, 15) is 5.11 Å². The molecule has 1 N–H and O–H groups in total. The summed E-state index contributed by atoms with van der Waals surface area (Å²) in [5.41, 5.74) is -0.603. The van der Waals surface area contributed by atoms with E-state index in [1.165, 1.54) is 0 Å². The molecule has 3 nitrogen and oxygen atoms in total. The second-order valence-electron chi connectivity index (χ2n) is 4.22. The van der Waals surface area contributed by atoms with E-state index in [-0.39, 0.29) is 12.5 Å². The first kappa shape index (κ1) is 10.3. The van der Waals surface area contributed by atoms with Crippen LogP contribution in [0.1, 0.15) is 13.8 Å². The van der Waals surface area contributed by atoms with Crippen LogP contribution in [0.15, 0.2) is 24.3 Å². The topological polar surface area (TPSA) is 38.7 Å². The van der Waals surface area contributed by atoms with Gasteiger partial charge in [0.2, 0.25) is 0 Å². The Morgan fingerprint density at radius 3 is 2.60 bits per heavy atom. The van der Waals surface area contributed by atoms with Crippen molar-refractivity contribution in [2.45, 2.75) is 19.4 Å². The predicted molar refractivity (Wildman–Crippen MR) is 57.2 cm³/mol. The van der Waals surface area contributed by atoms with Crippen molar-refractivity contribution in [3.63, 3.8) is 0 Å². The summed E-state index contributed by atoms with van der Waals surface area (Å²) in [6.07, 6.45) is 0. The van der Waals surface area contributed by atoms with E-state index in [1.54, 1.807) is 0 Å². The molecule has 0 aliphatic carbocycles. The van der Waals surface area contributed by atoms with E-state index >= 15 is 0 Å². The highest BCUT2D eigenvalue weighted by Gasteiger charge is 2.40. The minimum absolute atomic E-state index is 0.0288. The first-order chi connectivity index (χ1) is 7.18. The van der Waals surface area contributed by atoms with Crippen LogP contribution >= 0.6 is 0 Å². The Balaban J connectivity index is 2.31. The molecule has 82 valence electrons. The molecule has 0 aromatic heterocycles. The number of aliphatic hydroxyl groups excluding tert-OH is 1. The summed E-state index contributed by atoms with van der Waals surface area (Å²) in [4.78, 5) is 0. The van der Waals surface area contributed by atoms with E-state index in [1.807, 2.05) is 38.1 Å². The quantitative estimate of drug-likeness (QED) is 0.806. The van der Waals surface area contributed by atoms with Crippen molar-refractivity contribution < 1.29 is 14.6 Å². The minimum atomic E-state index is -0.603. The zero-order chi connectivity index (χ0) is 10.9. The second kappa shape index (κ2) is 3.74. The zero-order valence-electron chi connectivity index (χ0n) is 9.06. The maximum Gasteiger partial charge on any atom is 0.168 e. The van der Waals surface area contributed by atoms with Crippen molar-refractivity contribution in [1.29, 1.82) is 0 Å². The Morgan fingerprint density at radius 1 is 1.33 bits per heavy atom. The average Bonchev–Trinajstić information content (AvgIpc) is 2.28. The molecule has 0 unspecified atom stereocenters.